The highest BCUT2D eigenvalue weighted by molar-refractivity contribution is 7.10. The lowest BCUT2D eigenvalue weighted by molar-refractivity contribution is -0.117. The van der Waals surface area contributed by atoms with Crippen LogP contribution in [0, 0.1) is 6.92 Å². The number of hydrogen-bond donors (Lipinski definition) is 2. The largest absolute Gasteiger partial charge is 0.351 e. The lowest BCUT2D eigenvalue weighted by atomic mass is 10.1. The number of benzene rings is 1. The molecular formula is C22H27N3O2S. The molecule has 148 valence electrons. The second kappa shape index (κ2) is 10.2. The van der Waals surface area contributed by atoms with Crippen molar-refractivity contribution < 1.29 is 9.59 Å². The smallest absolute Gasteiger partial charge is 0.267 e. The van der Waals surface area contributed by atoms with E-state index in [1.165, 1.54) is 24.2 Å². The van der Waals surface area contributed by atoms with E-state index in [0.717, 1.165) is 36.5 Å². The minimum Gasteiger partial charge on any atom is -0.351 e. The van der Waals surface area contributed by atoms with Crippen molar-refractivity contribution in [2.45, 2.75) is 26.2 Å². The number of rotatable bonds is 8. The number of aryl methyl sites for hydroxylation is 1. The molecule has 0 atom stereocenters. The van der Waals surface area contributed by atoms with Gasteiger partial charge in [0.1, 0.15) is 5.70 Å². The number of amides is 2. The highest BCUT2D eigenvalue weighted by Gasteiger charge is 2.15. The second-order valence-electron chi connectivity index (χ2n) is 7.06. The van der Waals surface area contributed by atoms with Gasteiger partial charge < -0.3 is 15.5 Å². The molecule has 0 aliphatic carbocycles. The van der Waals surface area contributed by atoms with E-state index in [2.05, 4.69) is 15.5 Å². The Morgan fingerprint density at radius 1 is 1.18 bits per heavy atom. The van der Waals surface area contributed by atoms with E-state index in [9.17, 15) is 9.59 Å². The Labute approximate surface area is 170 Å². The van der Waals surface area contributed by atoms with E-state index in [1.807, 2.05) is 42.6 Å². The van der Waals surface area contributed by atoms with Gasteiger partial charge in [0.15, 0.2) is 0 Å². The van der Waals surface area contributed by atoms with Crippen LogP contribution >= 0.6 is 11.3 Å². The average molecular weight is 398 g/mol. The van der Waals surface area contributed by atoms with Gasteiger partial charge in [-0.3, -0.25) is 9.59 Å². The van der Waals surface area contributed by atoms with Crippen molar-refractivity contribution in [1.29, 1.82) is 0 Å². The van der Waals surface area contributed by atoms with E-state index in [4.69, 9.17) is 0 Å². The fraction of sp³-hybridized carbons (Fsp3) is 0.364. The Bertz CT molecular complexity index is 824. The van der Waals surface area contributed by atoms with Gasteiger partial charge >= 0.3 is 0 Å². The van der Waals surface area contributed by atoms with Gasteiger partial charge in [-0.05, 0) is 75.5 Å². The fourth-order valence-corrected chi connectivity index (χ4v) is 3.92. The zero-order valence-corrected chi connectivity index (χ0v) is 17.1. The first kappa shape index (κ1) is 20.3. The second-order valence-corrected chi connectivity index (χ2v) is 8.03. The molecule has 1 aromatic carbocycles. The van der Waals surface area contributed by atoms with Gasteiger partial charge in [-0.1, -0.05) is 23.8 Å². The molecule has 2 aromatic rings. The molecule has 1 aliphatic heterocycles. The van der Waals surface area contributed by atoms with Crippen LogP contribution in [0.1, 0.15) is 40.1 Å². The lowest BCUT2D eigenvalue weighted by Gasteiger charge is -2.15. The van der Waals surface area contributed by atoms with E-state index >= 15 is 0 Å². The van der Waals surface area contributed by atoms with Gasteiger partial charge in [0.05, 0.1) is 0 Å². The van der Waals surface area contributed by atoms with Gasteiger partial charge in [-0.25, -0.2) is 0 Å². The Morgan fingerprint density at radius 3 is 2.71 bits per heavy atom. The lowest BCUT2D eigenvalue weighted by Crippen LogP contribution is -2.36. The number of hydrogen-bond acceptors (Lipinski definition) is 4. The molecule has 0 bridgehead atoms. The minimum atomic E-state index is -0.279. The summed E-state index contributed by atoms with van der Waals surface area (Å²) in [5.74, 6) is -0.533. The summed E-state index contributed by atoms with van der Waals surface area (Å²) in [5.41, 5.74) is 1.82. The van der Waals surface area contributed by atoms with Crippen LogP contribution < -0.4 is 10.6 Å². The minimum absolute atomic E-state index is 0.254. The van der Waals surface area contributed by atoms with Crippen molar-refractivity contribution in [3.63, 3.8) is 0 Å². The molecule has 0 unspecified atom stereocenters. The molecule has 1 aromatic heterocycles. The van der Waals surface area contributed by atoms with Crippen LogP contribution in [0.3, 0.4) is 0 Å². The molecule has 6 heteroatoms. The van der Waals surface area contributed by atoms with Crippen LogP contribution in [-0.4, -0.2) is 42.9 Å². The van der Waals surface area contributed by atoms with Crippen LogP contribution in [0.25, 0.3) is 6.08 Å². The molecule has 0 saturated carbocycles. The highest BCUT2D eigenvalue weighted by Crippen LogP contribution is 2.13. The zero-order chi connectivity index (χ0) is 19.8. The van der Waals surface area contributed by atoms with Crippen molar-refractivity contribution in [3.8, 4) is 0 Å². The topological polar surface area (TPSA) is 61.4 Å². The number of nitrogens with zero attached hydrogens (tertiary/aromatic N) is 1. The molecule has 2 heterocycles. The Hall–Kier alpha value is -2.44. The normalized spacial score (nSPS) is 14.8. The van der Waals surface area contributed by atoms with E-state index in [0.29, 0.717) is 12.1 Å². The third-order valence-corrected chi connectivity index (χ3v) is 5.56. The first-order valence-corrected chi connectivity index (χ1v) is 10.6. The first-order valence-electron chi connectivity index (χ1n) is 9.75. The summed E-state index contributed by atoms with van der Waals surface area (Å²) in [6.45, 7) is 5.84. The first-order chi connectivity index (χ1) is 13.6. The quantitative estimate of drug-likeness (QED) is 0.530. The standard InChI is InChI=1S/C22H27N3O2S/c1-17-7-4-8-18(15-17)21(26)24-20(16-19-9-5-14-28-19)22(27)23-10-6-13-25-11-2-3-12-25/h4-5,7-9,14-16H,2-3,6,10-13H2,1H3,(H,23,27)(H,24,26)/b20-16-. The van der Waals surface area contributed by atoms with E-state index in [-0.39, 0.29) is 17.5 Å². The number of nitrogens with one attached hydrogen (secondary N) is 2. The predicted molar refractivity (Wildman–Crippen MR) is 114 cm³/mol. The molecule has 1 fully saturated rings. The van der Waals surface area contributed by atoms with Crippen molar-refractivity contribution in [3.05, 3.63) is 63.5 Å². The van der Waals surface area contributed by atoms with E-state index in [1.54, 1.807) is 12.1 Å². The summed E-state index contributed by atoms with van der Waals surface area (Å²) < 4.78 is 0. The van der Waals surface area contributed by atoms with Gasteiger partial charge in [-0.2, -0.15) is 0 Å². The zero-order valence-electron chi connectivity index (χ0n) is 16.2. The fourth-order valence-electron chi connectivity index (χ4n) is 3.26. The highest BCUT2D eigenvalue weighted by atomic mass is 32.1. The molecule has 1 aliphatic rings. The van der Waals surface area contributed by atoms with Gasteiger partial charge in [-0.15, -0.1) is 11.3 Å². The third kappa shape index (κ3) is 6.04. The molecule has 0 radical (unpaired) electrons. The maximum absolute atomic E-state index is 12.7. The number of likely N-dealkylation sites (tertiary alicyclic amines) is 1. The van der Waals surface area contributed by atoms with Crippen molar-refractivity contribution in [2.24, 2.45) is 0 Å². The monoisotopic (exact) mass is 397 g/mol. The summed E-state index contributed by atoms with van der Waals surface area (Å²) in [5, 5.41) is 7.67. The third-order valence-electron chi connectivity index (χ3n) is 4.74. The summed E-state index contributed by atoms with van der Waals surface area (Å²) >= 11 is 1.52. The number of carbonyl (C=O) groups is 2. The summed E-state index contributed by atoms with van der Waals surface area (Å²) in [7, 11) is 0. The summed E-state index contributed by atoms with van der Waals surface area (Å²) in [6.07, 6.45) is 5.17. The van der Waals surface area contributed by atoms with Gasteiger partial charge in [0, 0.05) is 17.0 Å². The van der Waals surface area contributed by atoms with Crippen LogP contribution in [-0.2, 0) is 4.79 Å². The molecule has 0 spiro atoms. The SMILES string of the molecule is Cc1cccc(C(=O)N/C(=C\c2cccs2)C(=O)NCCCN2CCCC2)c1. The molecule has 2 N–H and O–H groups in total. The maximum Gasteiger partial charge on any atom is 0.267 e. The average Bonchev–Trinajstić information content (AvgIpc) is 3.38. The Kier molecular flexibility index (Phi) is 7.39. The van der Waals surface area contributed by atoms with E-state index < -0.39 is 0 Å². The molecule has 28 heavy (non-hydrogen) atoms. The van der Waals surface area contributed by atoms with Crippen molar-refractivity contribution in [2.75, 3.05) is 26.2 Å². The predicted octanol–water partition coefficient (Wildman–Crippen LogP) is 3.43. The summed E-state index contributed by atoms with van der Waals surface area (Å²) in [6, 6.07) is 11.2. The number of thiophene rings is 1. The van der Waals surface area contributed by atoms with Crippen LogP contribution in [0.15, 0.2) is 47.5 Å². The van der Waals surface area contributed by atoms with Crippen LogP contribution in [0.2, 0.25) is 0 Å². The maximum atomic E-state index is 12.7. The molecular weight excluding hydrogens is 370 g/mol. The number of carbonyl (C=O) groups excluding carboxylic acids is 2. The van der Waals surface area contributed by atoms with Gasteiger partial charge in [0.25, 0.3) is 11.8 Å². The Morgan fingerprint density at radius 2 is 2.00 bits per heavy atom. The molecule has 5 nitrogen and oxygen atoms in total. The summed E-state index contributed by atoms with van der Waals surface area (Å²) in [4.78, 5) is 28.7. The molecule has 1 saturated heterocycles. The molecule has 2 amide bonds. The van der Waals surface area contributed by atoms with Crippen molar-refractivity contribution >= 4 is 29.2 Å². The Balaban J connectivity index is 1.61. The molecule has 3 rings (SSSR count). The van der Waals surface area contributed by atoms with Gasteiger partial charge in [0.2, 0.25) is 0 Å². The van der Waals surface area contributed by atoms with Crippen molar-refractivity contribution in [1.82, 2.24) is 15.5 Å². The van der Waals surface area contributed by atoms with Crippen LogP contribution in [0.4, 0.5) is 0 Å². The van der Waals surface area contributed by atoms with Crippen LogP contribution in [0.5, 0.6) is 0 Å².